The fraction of sp³-hybridized carbons (Fsp3) is 0.353. The van der Waals surface area contributed by atoms with Crippen molar-refractivity contribution in [2.45, 2.75) is 18.7 Å². The maximum atomic E-state index is 13.0. The average Bonchev–Trinajstić information content (AvgIpc) is 2.99. The molecule has 1 aliphatic heterocycles. The number of aromatic nitrogens is 2. The molecule has 2 atom stereocenters. The Morgan fingerprint density at radius 3 is 2.68 bits per heavy atom. The second-order valence-electron chi connectivity index (χ2n) is 6.19. The molecule has 1 aliphatic rings. The van der Waals surface area contributed by atoms with Gasteiger partial charge in [0, 0.05) is 25.7 Å². The summed E-state index contributed by atoms with van der Waals surface area (Å²) in [4.78, 5) is 26.9. The number of likely N-dealkylation sites (tertiary alicyclic amines) is 1. The van der Waals surface area contributed by atoms with E-state index in [0.29, 0.717) is 13.1 Å². The fourth-order valence-electron chi connectivity index (χ4n) is 2.99. The minimum absolute atomic E-state index is 0.133. The third-order valence-corrected chi connectivity index (χ3v) is 4.36. The molecule has 8 heteroatoms. The van der Waals surface area contributed by atoms with E-state index in [0.717, 1.165) is 5.56 Å². The average molecular weight is 346 g/mol. The van der Waals surface area contributed by atoms with Crippen molar-refractivity contribution in [1.29, 1.82) is 0 Å². The normalized spacial score (nSPS) is 20.2. The number of hydrogen-bond donors (Lipinski definition) is 2. The molecule has 2 N–H and O–H groups in total. The summed E-state index contributed by atoms with van der Waals surface area (Å²) in [6.07, 6.45) is -0.697. The lowest BCUT2D eigenvalue weighted by molar-refractivity contribution is 0.0756. The van der Waals surface area contributed by atoms with E-state index >= 15 is 0 Å². The summed E-state index contributed by atoms with van der Waals surface area (Å²) in [5, 5.41) is 16.3. The topological polar surface area (TPSA) is 89.5 Å². The quantitative estimate of drug-likeness (QED) is 0.827. The number of nitrogens with zero attached hydrogens (tertiary/aromatic N) is 3. The number of rotatable bonds is 4. The van der Waals surface area contributed by atoms with Crippen molar-refractivity contribution in [1.82, 2.24) is 20.0 Å². The van der Waals surface area contributed by atoms with Crippen LogP contribution in [0.25, 0.3) is 0 Å². The number of H-pyrrole nitrogens is 1. The number of carbonyl (C=O) groups is 1. The Balaban J connectivity index is 1.66. The highest BCUT2D eigenvalue weighted by Gasteiger charge is 2.37. The molecule has 1 aromatic heterocycles. The molecule has 2 aromatic rings. The zero-order chi connectivity index (χ0) is 18.0. The molecule has 1 aromatic carbocycles. The van der Waals surface area contributed by atoms with Gasteiger partial charge in [-0.15, -0.1) is 0 Å². The first-order valence-electron chi connectivity index (χ1n) is 7.92. The lowest BCUT2D eigenvalue weighted by Gasteiger charge is -2.26. The number of hydrogen-bond acceptors (Lipinski definition) is 5. The first kappa shape index (κ1) is 17.2. The van der Waals surface area contributed by atoms with Crippen LogP contribution in [-0.2, 0) is 6.54 Å². The zero-order valence-electron chi connectivity index (χ0n) is 13.7. The number of aliphatic hydroxyl groups is 1. The molecule has 0 spiro atoms. The van der Waals surface area contributed by atoms with Gasteiger partial charge in [-0.25, -0.2) is 9.49 Å². The Hall–Kier alpha value is -2.58. The molecule has 0 saturated carbocycles. The largest absolute Gasteiger partial charge is 0.390 e. The Kier molecular flexibility index (Phi) is 4.91. The molecule has 0 radical (unpaired) electrons. The van der Waals surface area contributed by atoms with Gasteiger partial charge in [0.15, 0.2) is 0 Å². The number of aliphatic hydroxyl groups excluding tert-OH is 1. The smallest absolute Gasteiger partial charge is 0.274 e. The van der Waals surface area contributed by atoms with Crippen LogP contribution in [0, 0.1) is 5.82 Å². The SMILES string of the molecule is CN(Cc1ccc(F)cc1)[C@@H]1CN(C(=O)c2ccc(=O)[nH]n2)C[C@H]1O. The molecule has 0 unspecified atom stereocenters. The van der Waals surface area contributed by atoms with E-state index in [4.69, 9.17) is 0 Å². The number of carbonyl (C=O) groups excluding carboxylic acids is 1. The minimum atomic E-state index is -0.697. The summed E-state index contributed by atoms with van der Waals surface area (Å²) in [7, 11) is 1.85. The molecule has 3 rings (SSSR count). The summed E-state index contributed by atoms with van der Waals surface area (Å²) >= 11 is 0. The van der Waals surface area contributed by atoms with Crippen LogP contribution in [0.5, 0.6) is 0 Å². The van der Waals surface area contributed by atoms with Gasteiger partial charge in [-0.1, -0.05) is 12.1 Å². The van der Waals surface area contributed by atoms with Crippen molar-refractivity contribution < 1.29 is 14.3 Å². The van der Waals surface area contributed by atoms with Crippen molar-refractivity contribution in [2.24, 2.45) is 0 Å². The maximum absolute atomic E-state index is 13.0. The van der Waals surface area contributed by atoms with E-state index < -0.39 is 6.10 Å². The Labute approximate surface area is 143 Å². The number of amides is 1. The summed E-state index contributed by atoms with van der Waals surface area (Å²) in [5.74, 6) is -0.634. The molecule has 25 heavy (non-hydrogen) atoms. The molecular weight excluding hydrogens is 327 g/mol. The van der Waals surface area contributed by atoms with Crippen molar-refractivity contribution in [3.63, 3.8) is 0 Å². The second kappa shape index (κ2) is 7.12. The van der Waals surface area contributed by atoms with Crippen LogP contribution in [0.4, 0.5) is 4.39 Å². The summed E-state index contributed by atoms with van der Waals surface area (Å²) in [5.41, 5.74) is 0.673. The van der Waals surface area contributed by atoms with Gasteiger partial charge in [0.1, 0.15) is 11.5 Å². The Morgan fingerprint density at radius 1 is 1.32 bits per heavy atom. The highest BCUT2D eigenvalue weighted by atomic mass is 19.1. The van der Waals surface area contributed by atoms with E-state index in [1.807, 2.05) is 11.9 Å². The lowest BCUT2D eigenvalue weighted by Crippen LogP contribution is -2.40. The molecule has 0 bridgehead atoms. The van der Waals surface area contributed by atoms with Crippen LogP contribution < -0.4 is 5.56 Å². The van der Waals surface area contributed by atoms with Crippen LogP contribution in [0.3, 0.4) is 0 Å². The van der Waals surface area contributed by atoms with Gasteiger partial charge >= 0.3 is 0 Å². The number of halogens is 1. The van der Waals surface area contributed by atoms with Gasteiger partial charge < -0.3 is 10.0 Å². The molecule has 1 amide bonds. The summed E-state index contributed by atoms with van der Waals surface area (Å²) in [6.45, 7) is 1.07. The van der Waals surface area contributed by atoms with E-state index in [1.54, 1.807) is 12.1 Å². The molecule has 132 valence electrons. The number of β-amino-alcohol motifs (C(OH)–C–C–N with tert-alkyl or cyclic N) is 1. The molecule has 1 fully saturated rings. The van der Waals surface area contributed by atoms with E-state index in [2.05, 4.69) is 10.2 Å². The predicted molar refractivity (Wildman–Crippen MR) is 88.4 cm³/mol. The zero-order valence-corrected chi connectivity index (χ0v) is 13.7. The van der Waals surface area contributed by atoms with Gasteiger partial charge in [0.2, 0.25) is 0 Å². The van der Waals surface area contributed by atoms with Crippen molar-refractivity contribution in [2.75, 3.05) is 20.1 Å². The minimum Gasteiger partial charge on any atom is -0.390 e. The molecule has 1 saturated heterocycles. The number of benzene rings is 1. The van der Waals surface area contributed by atoms with Gasteiger partial charge in [0.05, 0.1) is 12.1 Å². The maximum Gasteiger partial charge on any atom is 0.274 e. The van der Waals surface area contributed by atoms with Crippen molar-refractivity contribution >= 4 is 5.91 Å². The van der Waals surface area contributed by atoms with Crippen LogP contribution in [0.1, 0.15) is 16.1 Å². The predicted octanol–water partition coefficient (Wildman–Crippen LogP) is 0.226. The van der Waals surface area contributed by atoms with Crippen LogP contribution >= 0.6 is 0 Å². The Morgan fingerprint density at radius 2 is 2.04 bits per heavy atom. The lowest BCUT2D eigenvalue weighted by atomic mass is 10.1. The monoisotopic (exact) mass is 346 g/mol. The van der Waals surface area contributed by atoms with E-state index in [1.165, 1.54) is 29.2 Å². The van der Waals surface area contributed by atoms with Gasteiger partial charge in [0.25, 0.3) is 11.5 Å². The third kappa shape index (κ3) is 3.92. The number of likely N-dealkylation sites (N-methyl/N-ethyl adjacent to an activating group) is 1. The van der Waals surface area contributed by atoms with Crippen molar-refractivity contribution in [3.8, 4) is 0 Å². The molecular formula is C17H19FN4O3. The van der Waals surface area contributed by atoms with Crippen LogP contribution in [-0.4, -0.2) is 63.3 Å². The highest BCUT2D eigenvalue weighted by Crippen LogP contribution is 2.19. The molecule has 0 aliphatic carbocycles. The number of nitrogens with one attached hydrogen (secondary N) is 1. The standard InChI is InChI=1S/C17H19FN4O3/c1-21(8-11-2-4-12(18)5-3-11)14-9-22(10-15(14)23)17(25)13-6-7-16(24)20-19-13/h2-7,14-15,23H,8-10H2,1H3,(H,20,24)/t14-,15-/m1/s1. The fourth-order valence-corrected chi connectivity index (χ4v) is 2.99. The first-order chi connectivity index (χ1) is 11.9. The van der Waals surface area contributed by atoms with E-state index in [-0.39, 0.29) is 35.6 Å². The van der Waals surface area contributed by atoms with Crippen molar-refractivity contribution in [3.05, 3.63) is 63.8 Å². The van der Waals surface area contributed by atoms with Gasteiger partial charge in [-0.3, -0.25) is 14.5 Å². The first-order valence-corrected chi connectivity index (χ1v) is 7.92. The van der Waals surface area contributed by atoms with E-state index in [9.17, 15) is 19.1 Å². The Bertz CT molecular complexity index is 788. The molecule has 2 heterocycles. The number of aromatic amines is 1. The summed E-state index contributed by atoms with van der Waals surface area (Å²) in [6, 6.07) is 8.55. The van der Waals surface area contributed by atoms with Gasteiger partial charge in [-0.2, -0.15) is 5.10 Å². The molecule has 7 nitrogen and oxygen atoms in total. The van der Waals surface area contributed by atoms with Crippen LogP contribution in [0.15, 0.2) is 41.2 Å². The second-order valence-corrected chi connectivity index (χ2v) is 6.19. The summed E-state index contributed by atoms with van der Waals surface area (Å²) < 4.78 is 13.0. The van der Waals surface area contributed by atoms with Gasteiger partial charge in [-0.05, 0) is 30.8 Å². The third-order valence-electron chi connectivity index (χ3n) is 4.36. The van der Waals surface area contributed by atoms with Crippen LogP contribution in [0.2, 0.25) is 0 Å². The highest BCUT2D eigenvalue weighted by molar-refractivity contribution is 5.92.